The summed E-state index contributed by atoms with van der Waals surface area (Å²) in [6, 6.07) is 9.49. The van der Waals surface area contributed by atoms with Crippen molar-refractivity contribution in [2.24, 2.45) is 5.73 Å². The van der Waals surface area contributed by atoms with Gasteiger partial charge in [0.1, 0.15) is 17.2 Å². The van der Waals surface area contributed by atoms with Crippen molar-refractivity contribution in [2.45, 2.75) is 12.5 Å². The maximum Gasteiger partial charge on any atom is 0.247 e. The molecule has 0 aliphatic heterocycles. The van der Waals surface area contributed by atoms with Crippen molar-refractivity contribution in [3.05, 3.63) is 64.1 Å². The largest absolute Gasteiger partial charge is 0.368 e. The first-order valence-corrected chi connectivity index (χ1v) is 6.91. The minimum absolute atomic E-state index is 0.385. The maximum absolute atomic E-state index is 13.2. The predicted octanol–water partition coefficient (Wildman–Crippen LogP) is 3.54. The van der Waals surface area contributed by atoms with Gasteiger partial charge in [0.15, 0.2) is 0 Å². The van der Waals surface area contributed by atoms with E-state index in [9.17, 15) is 13.6 Å². The molecule has 0 saturated carbocycles. The Kier molecular flexibility index (Phi) is 4.27. The van der Waals surface area contributed by atoms with Crippen molar-refractivity contribution >= 4 is 27.5 Å². The molecule has 21 heavy (non-hydrogen) atoms. The summed E-state index contributed by atoms with van der Waals surface area (Å²) in [4.78, 5) is 11.9. The number of halogens is 3. The second-order valence-electron chi connectivity index (χ2n) is 4.75. The Morgan fingerprint density at radius 1 is 1.14 bits per heavy atom. The molecular weight excluding hydrogens is 342 g/mol. The quantitative estimate of drug-likeness (QED) is 0.882. The van der Waals surface area contributed by atoms with E-state index >= 15 is 0 Å². The number of amides is 1. The number of rotatable bonds is 4. The van der Waals surface area contributed by atoms with Crippen molar-refractivity contribution in [3.8, 4) is 0 Å². The summed E-state index contributed by atoms with van der Waals surface area (Å²) in [7, 11) is 0. The highest BCUT2D eigenvalue weighted by Gasteiger charge is 2.35. The van der Waals surface area contributed by atoms with Crippen LogP contribution in [0.3, 0.4) is 0 Å². The summed E-state index contributed by atoms with van der Waals surface area (Å²) >= 11 is 3.23. The zero-order valence-corrected chi connectivity index (χ0v) is 12.7. The fourth-order valence-corrected chi connectivity index (χ4v) is 2.73. The van der Waals surface area contributed by atoms with Crippen molar-refractivity contribution in [1.82, 2.24) is 0 Å². The van der Waals surface area contributed by atoms with Gasteiger partial charge in [-0.05, 0) is 43.3 Å². The van der Waals surface area contributed by atoms with Gasteiger partial charge >= 0.3 is 0 Å². The van der Waals surface area contributed by atoms with Crippen LogP contribution in [0.25, 0.3) is 0 Å². The lowest BCUT2D eigenvalue weighted by Gasteiger charge is -2.30. The minimum atomic E-state index is -1.27. The van der Waals surface area contributed by atoms with E-state index < -0.39 is 17.3 Å². The molecule has 0 spiro atoms. The van der Waals surface area contributed by atoms with Crippen LogP contribution in [0.1, 0.15) is 12.5 Å². The van der Waals surface area contributed by atoms with Gasteiger partial charge in [0.25, 0.3) is 0 Å². The van der Waals surface area contributed by atoms with E-state index in [1.165, 1.54) is 42.5 Å². The molecule has 0 heterocycles. The molecule has 6 heteroatoms. The van der Waals surface area contributed by atoms with Gasteiger partial charge < -0.3 is 11.1 Å². The first-order valence-electron chi connectivity index (χ1n) is 6.12. The molecule has 2 aromatic carbocycles. The molecule has 3 nitrogen and oxygen atoms in total. The average Bonchev–Trinajstić information content (AvgIpc) is 2.41. The molecule has 2 aromatic rings. The molecule has 1 amide bonds. The zero-order chi connectivity index (χ0) is 15.6. The van der Waals surface area contributed by atoms with Crippen LogP contribution in [0, 0.1) is 11.6 Å². The monoisotopic (exact) mass is 354 g/mol. The topological polar surface area (TPSA) is 55.1 Å². The SMILES string of the molecule is CC(Nc1ccc(F)cc1)(C(N)=O)c1ccc(F)cc1Br. The number of carbonyl (C=O) groups excluding carboxylic acids is 1. The van der Waals surface area contributed by atoms with Crippen LogP contribution in [0.4, 0.5) is 14.5 Å². The molecule has 0 bridgehead atoms. The fourth-order valence-electron chi connectivity index (χ4n) is 1.98. The van der Waals surface area contributed by atoms with Gasteiger partial charge in [-0.25, -0.2) is 8.78 Å². The molecule has 0 aliphatic rings. The number of anilines is 1. The molecule has 0 aromatic heterocycles. The summed E-state index contributed by atoms with van der Waals surface area (Å²) in [6.45, 7) is 1.58. The molecule has 2 rings (SSSR count). The highest BCUT2D eigenvalue weighted by atomic mass is 79.9. The smallest absolute Gasteiger partial charge is 0.247 e. The van der Waals surface area contributed by atoms with E-state index in [4.69, 9.17) is 5.73 Å². The van der Waals surface area contributed by atoms with E-state index in [2.05, 4.69) is 21.2 Å². The fraction of sp³-hybridized carbons (Fsp3) is 0.133. The Bertz CT molecular complexity index is 676. The number of benzene rings is 2. The Morgan fingerprint density at radius 2 is 1.71 bits per heavy atom. The molecule has 3 N–H and O–H groups in total. The van der Waals surface area contributed by atoms with E-state index in [-0.39, 0.29) is 5.82 Å². The first kappa shape index (κ1) is 15.4. The third kappa shape index (κ3) is 3.21. The Morgan fingerprint density at radius 3 is 2.24 bits per heavy atom. The number of carbonyl (C=O) groups is 1. The van der Waals surface area contributed by atoms with Crippen molar-refractivity contribution in [1.29, 1.82) is 0 Å². The summed E-state index contributed by atoms with van der Waals surface area (Å²) < 4.78 is 26.6. The highest BCUT2D eigenvalue weighted by molar-refractivity contribution is 9.10. The van der Waals surface area contributed by atoms with Crippen LogP contribution in [-0.4, -0.2) is 5.91 Å². The van der Waals surface area contributed by atoms with Crippen LogP contribution in [0.5, 0.6) is 0 Å². The summed E-state index contributed by atoms with van der Waals surface area (Å²) in [5, 5.41) is 2.96. The molecule has 0 saturated heterocycles. The molecule has 1 unspecified atom stereocenters. The Hall–Kier alpha value is -1.95. The molecule has 110 valence electrons. The second-order valence-corrected chi connectivity index (χ2v) is 5.60. The third-order valence-corrected chi connectivity index (χ3v) is 3.86. The van der Waals surface area contributed by atoms with Crippen molar-refractivity contribution in [3.63, 3.8) is 0 Å². The van der Waals surface area contributed by atoms with Crippen LogP contribution in [-0.2, 0) is 10.3 Å². The molecular formula is C15H13BrF2N2O. The van der Waals surface area contributed by atoms with E-state index in [0.717, 1.165) is 0 Å². The zero-order valence-electron chi connectivity index (χ0n) is 11.2. The van der Waals surface area contributed by atoms with Gasteiger partial charge in [0.2, 0.25) is 5.91 Å². The second kappa shape index (κ2) is 5.81. The van der Waals surface area contributed by atoms with Gasteiger partial charge in [-0.1, -0.05) is 22.0 Å². The van der Waals surface area contributed by atoms with Gasteiger partial charge in [0, 0.05) is 15.7 Å². The lowest BCUT2D eigenvalue weighted by molar-refractivity contribution is -0.122. The summed E-state index contributed by atoms with van der Waals surface area (Å²) in [6.07, 6.45) is 0. The first-order chi connectivity index (χ1) is 9.83. The number of nitrogens with one attached hydrogen (secondary N) is 1. The van der Waals surface area contributed by atoms with E-state index in [1.807, 2.05) is 0 Å². The van der Waals surface area contributed by atoms with Crippen molar-refractivity contribution in [2.75, 3.05) is 5.32 Å². The minimum Gasteiger partial charge on any atom is -0.368 e. The highest BCUT2D eigenvalue weighted by Crippen LogP contribution is 2.32. The van der Waals surface area contributed by atoms with Crippen LogP contribution < -0.4 is 11.1 Å². The van der Waals surface area contributed by atoms with Crippen LogP contribution in [0.2, 0.25) is 0 Å². The van der Waals surface area contributed by atoms with Crippen LogP contribution in [0.15, 0.2) is 46.9 Å². The van der Waals surface area contributed by atoms with E-state index in [0.29, 0.717) is 15.7 Å². The standard InChI is InChI=1S/C15H13BrF2N2O/c1-15(14(19)21,12-7-4-10(18)8-13(12)16)20-11-5-2-9(17)3-6-11/h2-8,20H,1H3,(H2,19,21). The average molecular weight is 355 g/mol. The van der Waals surface area contributed by atoms with Gasteiger partial charge in [-0.15, -0.1) is 0 Å². The summed E-state index contributed by atoms with van der Waals surface area (Å²) in [5.41, 5.74) is 5.23. The van der Waals surface area contributed by atoms with Gasteiger partial charge in [-0.3, -0.25) is 4.79 Å². The Balaban J connectivity index is 2.45. The van der Waals surface area contributed by atoms with Gasteiger partial charge in [0.05, 0.1) is 0 Å². The normalized spacial score (nSPS) is 13.5. The lowest BCUT2D eigenvalue weighted by atomic mass is 9.90. The molecule has 0 fully saturated rings. The number of primary amides is 1. The lowest BCUT2D eigenvalue weighted by Crippen LogP contribution is -2.45. The number of hydrogen-bond donors (Lipinski definition) is 2. The molecule has 1 atom stereocenters. The van der Waals surface area contributed by atoms with E-state index in [1.54, 1.807) is 6.92 Å². The number of hydrogen-bond acceptors (Lipinski definition) is 2. The molecule has 0 aliphatic carbocycles. The van der Waals surface area contributed by atoms with Gasteiger partial charge in [-0.2, -0.15) is 0 Å². The number of nitrogens with two attached hydrogens (primary N) is 1. The van der Waals surface area contributed by atoms with Crippen LogP contribution >= 0.6 is 15.9 Å². The maximum atomic E-state index is 13.2. The Labute approximate surface area is 129 Å². The predicted molar refractivity (Wildman–Crippen MR) is 80.7 cm³/mol. The van der Waals surface area contributed by atoms with Crippen molar-refractivity contribution < 1.29 is 13.6 Å². The summed E-state index contributed by atoms with van der Waals surface area (Å²) in [5.74, 6) is -1.46. The molecule has 0 radical (unpaired) electrons. The third-order valence-electron chi connectivity index (χ3n) is 3.20.